The number of nitrogen functional groups attached to an aromatic ring is 2. The maximum atomic E-state index is 9.94. The van der Waals surface area contributed by atoms with E-state index in [1.165, 1.54) is 6.42 Å². The van der Waals surface area contributed by atoms with Crippen LogP contribution in [0.5, 0.6) is 0 Å². The van der Waals surface area contributed by atoms with Gasteiger partial charge < -0.3 is 21.3 Å². The summed E-state index contributed by atoms with van der Waals surface area (Å²) in [5, 5.41) is 9.94. The molecule has 1 aliphatic rings. The van der Waals surface area contributed by atoms with E-state index in [2.05, 4.69) is 23.8 Å². The molecule has 5 N–H and O–H groups in total. The summed E-state index contributed by atoms with van der Waals surface area (Å²) in [7, 11) is 0. The minimum absolute atomic E-state index is 0.00573. The smallest absolute Gasteiger partial charge is 0.159 e. The Hall–Kier alpha value is -2.18. The predicted octanol–water partition coefficient (Wildman–Crippen LogP) is 4.83. The second-order valence-corrected chi connectivity index (χ2v) is 7.13. The molecule has 2 heterocycles. The third kappa shape index (κ3) is 6.17. The van der Waals surface area contributed by atoms with E-state index in [9.17, 15) is 5.11 Å². The Morgan fingerprint density at radius 1 is 1.11 bits per heavy atom. The Morgan fingerprint density at radius 2 is 1.68 bits per heavy atom. The molecule has 3 rings (SSSR count). The second-order valence-electron chi connectivity index (χ2n) is 7.13. The highest BCUT2D eigenvalue weighted by Crippen LogP contribution is 2.38. The van der Waals surface area contributed by atoms with Crippen LogP contribution >= 0.6 is 0 Å². The Balaban J connectivity index is 0.000000717. The fourth-order valence-corrected chi connectivity index (χ4v) is 2.75. The predicted molar refractivity (Wildman–Crippen MR) is 117 cm³/mol. The zero-order valence-corrected chi connectivity index (χ0v) is 18.1. The first-order valence-corrected chi connectivity index (χ1v) is 10.1. The molecular formula is C22H36N4O2. The van der Waals surface area contributed by atoms with Gasteiger partial charge in [0.05, 0.1) is 17.5 Å². The minimum atomic E-state index is -1.07. The van der Waals surface area contributed by atoms with E-state index in [4.69, 9.17) is 16.2 Å². The third-order valence-electron chi connectivity index (χ3n) is 4.05. The van der Waals surface area contributed by atoms with Gasteiger partial charge in [0.25, 0.3) is 0 Å². The van der Waals surface area contributed by atoms with Crippen molar-refractivity contribution in [3.8, 4) is 11.1 Å². The Morgan fingerprint density at radius 3 is 2.14 bits per heavy atom. The van der Waals surface area contributed by atoms with Crippen LogP contribution in [0.3, 0.4) is 0 Å². The van der Waals surface area contributed by atoms with Crippen molar-refractivity contribution < 1.29 is 9.84 Å². The summed E-state index contributed by atoms with van der Waals surface area (Å²) in [5.41, 5.74) is 14.9. The van der Waals surface area contributed by atoms with Gasteiger partial charge in [-0.1, -0.05) is 34.1 Å². The number of aromatic nitrogens is 2. The van der Waals surface area contributed by atoms with Crippen molar-refractivity contribution in [1.82, 2.24) is 9.97 Å². The van der Waals surface area contributed by atoms with E-state index in [-0.39, 0.29) is 6.10 Å². The van der Waals surface area contributed by atoms with Crippen LogP contribution in [0.2, 0.25) is 0 Å². The van der Waals surface area contributed by atoms with E-state index in [0.29, 0.717) is 17.2 Å². The van der Waals surface area contributed by atoms with E-state index in [1.54, 1.807) is 26.2 Å². The first-order valence-electron chi connectivity index (χ1n) is 10.1. The van der Waals surface area contributed by atoms with Crippen LogP contribution in [-0.2, 0) is 10.3 Å². The van der Waals surface area contributed by atoms with Gasteiger partial charge >= 0.3 is 0 Å². The van der Waals surface area contributed by atoms with E-state index in [0.717, 1.165) is 36.1 Å². The van der Waals surface area contributed by atoms with Crippen LogP contribution in [0.25, 0.3) is 11.1 Å². The number of nitrogens with two attached hydrogens (primary N) is 2. The topological polar surface area (TPSA) is 107 Å². The molecule has 0 aliphatic carbocycles. The van der Waals surface area contributed by atoms with Crippen LogP contribution in [0, 0.1) is 0 Å². The molecule has 6 heteroatoms. The molecule has 0 bridgehead atoms. The molecule has 1 saturated heterocycles. The van der Waals surface area contributed by atoms with Gasteiger partial charge in [-0.3, -0.25) is 0 Å². The molecule has 1 aromatic carbocycles. The highest BCUT2D eigenvalue weighted by Gasteiger charge is 2.23. The number of nitrogens with zero attached hydrogens (tertiary/aromatic N) is 2. The monoisotopic (exact) mass is 388 g/mol. The maximum absolute atomic E-state index is 9.94. The first kappa shape index (κ1) is 23.9. The molecule has 2 aromatic rings. The summed E-state index contributed by atoms with van der Waals surface area (Å²) in [6, 6.07) is 3.81. The minimum Gasteiger partial charge on any atom is -0.397 e. The van der Waals surface area contributed by atoms with Crippen LogP contribution in [0.4, 0.5) is 11.4 Å². The normalized spacial score (nSPS) is 15.9. The molecule has 28 heavy (non-hydrogen) atoms. The van der Waals surface area contributed by atoms with Crippen molar-refractivity contribution in [2.45, 2.75) is 72.5 Å². The highest BCUT2D eigenvalue weighted by atomic mass is 16.5. The number of hydrogen-bond acceptors (Lipinski definition) is 6. The standard InChI is InChI=1S/C17H22N4O2.C3H8.C2H6/c1-17(2,22)16-20-8-11(9-21-16)10-6-12(14-4-3-5-23-14)15(19)13(18)7-10;1-3-2;1-2/h6-9,14,22H,3-5,18-19H2,1-2H3;3H2,1-2H3;1-2H3. The number of anilines is 2. The van der Waals surface area contributed by atoms with Gasteiger partial charge in [-0.15, -0.1) is 0 Å². The quantitative estimate of drug-likeness (QED) is 0.650. The molecule has 1 aromatic heterocycles. The largest absolute Gasteiger partial charge is 0.397 e. The second kappa shape index (κ2) is 11.0. The zero-order chi connectivity index (χ0) is 21.3. The van der Waals surface area contributed by atoms with E-state index >= 15 is 0 Å². The summed E-state index contributed by atoms with van der Waals surface area (Å²) >= 11 is 0. The summed E-state index contributed by atoms with van der Waals surface area (Å²) in [5.74, 6) is 0.379. The fraction of sp³-hybridized carbons (Fsp3) is 0.545. The van der Waals surface area contributed by atoms with E-state index < -0.39 is 5.60 Å². The third-order valence-corrected chi connectivity index (χ3v) is 4.05. The van der Waals surface area contributed by atoms with Crippen molar-refractivity contribution in [3.63, 3.8) is 0 Å². The average molecular weight is 389 g/mol. The van der Waals surface area contributed by atoms with Gasteiger partial charge in [0.1, 0.15) is 5.60 Å². The van der Waals surface area contributed by atoms with Crippen LogP contribution < -0.4 is 11.5 Å². The average Bonchev–Trinajstić information content (AvgIpc) is 3.20. The van der Waals surface area contributed by atoms with Gasteiger partial charge in [0.15, 0.2) is 5.82 Å². The summed E-state index contributed by atoms with van der Waals surface area (Å²) < 4.78 is 5.73. The lowest BCUT2D eigenvalue weighted by Crippen LogP contribution is -2.19. The lowest BCUT2D eigenvalue weighted by atomic mass is 9.98. The van der Waals surface area contributed by atoms with Crippen molar-refractivity contribution in [3.05, 3.63) is 35.9 Å². The molecular weight excluding hydrogens is 352 g/mol. The Labute approximate surface area is 169 Å². The number of rotatable bonds is 3. The molecule has 1 aliphatic heterocycles. The highest BCUT2D eigenvalue weighted by molar-refractivity contribution is 5.77. The van der Waals surface area contributed by atoms with E-state index in [1.807, 2.05) is 26.0 Å². The Bertz CT molecular complexity index is 719. The number of benzene rings is 1. The SMILES string of the molecule is CC.CC(C)(O)c1ncc(-c2cc(N)c(N)c(C3CCCO3)c2)cn1.CCC. The lowest BCUT2D eigenvalue weighted by Gasteiger charge is -2.17. The molecule has 1 fully saturated rings. The van der Waals surface area contributed by atoms with Crippen LogP contribution in [0.1, 0.15) is 78.3 Å². The molecule has 0 radical (unpaired) electrons. The molecule has 156 valence electrons. The summed E-state index contributed by atoms with van der Waals surface area (Å²) in [6.07, 6.45) is 6.59. The van der Waals surface area contributed by atoms with Gasteiger partial charge in [0.2, 0.25) is 0 Å². The number of aliphatic hydroxyl groups is 1. The van der Waals surface area contributed by atoms with Crippen molar-refractivity contribution in [2.24, 2.45) is 0 Å². The summed E-state index contributed by atoms with van der Waals surface area (Å²) in [4.78, 5) is 8.48. The van der Waals surface area contributed by atoms with Crippen molar-refractivity contribution >= 4 is 11.4 Å². The van der Waals surface area contributed by atoms with Gasteiger partial charge in [0, 0.05) is 30.1 Å². The number of hydrogen-bond donors (Lipinski definition) is 3. The van der Waals surface area contributed by atoms with Gasteiger partial charge in [-0.25, -0.2) is 9.97 Å². The molecule has 0 amide bonds. The lowest BCUT2D eigenvalue weighted by molar-refractivity contribution is 0.0687. The number of ether oxygens (including phenoxy) is 1. The first-order chi connectivity index (χ1) is 13.3. The van der Waals surface area contributed by atoms with Crippen LogP contribution in [0.15, 0.2) is 24.5 Å². The molecule has 1 unspecified atom stereocenters. The summed E-state index contributed by atoms with van der Waals surface area (Å²) in [6.45, 7) is 12.3. The fourth-order valence-electron chi connectivity index (χ4n) is 2.75. The maximum Gasteiger partial charge on any atom is 0.159 e. The molecule has 1 atom stereocenters. The van der Waals surface area contributed by atoms with Gasteiger partial charge in [-0.2, -0.15) is 0 Å². The molecule has 0 saturated carbocycles. The zero-order valence-electron chi connectivity index (χ0n) is 18.1. The molecule has 0 spiro atoms. The van der Waals surface area contributed by atoms with Gasteiger partial charge in [-0.05, 0) is 44.4 Å². The van der Waals surface area contributed by atoms with Crippen molar-refractivity contribution in [2.75, 3.05) is 18.1 Å². The molecule has 6 nitrogen and oxygen atoms in total. The van der Waals surface area contributed by atoms with Crippen molar-refractivity contribution in [1.29, 1.82) is 0 Å². The van der Waals surface area contributed by atoms with Crippen LogP contribution in [-0.4, -0.2) is 21.7 Å². The Kier molecular flexibility index (Phi) is 9.35.